The first-order chi connectivity index (χ1) is 9.31. The quantitative estimate of drug-likeness (QED) is 0.922. The number of nitrogens with zero attached hydrogens (tertiary/aromatic N) is 4. The summed E-state index contributed by atoms with van der Waals surface area (Å²) in [4.78, 5) is 15.5. The van der Waals surface area contributed by atoms with Crippen LogP contribution in [0.25, 0.3) is 10.8 Å². The standard InChI is InChI=1S/C13H17N5S.2ClH/c1-10-7-18(6-5-14-10)8-11-9-19-13(17-11)12-15-3-2-4-16-12;;/h2-4,9-10,14H,5-8H2,1H3;2*1H. The molecule has 0 saturated carbocycles. The van der Waals surface area contributed by atoms with Crippen LogP contribution in [-0.2, 0) is 6.54 Å². The lowest BCUT2D eigenvalue weighted by Crippen LogP contribution is -2.48. The molecule has 1 aliphatic heterocycles. The van der Waals surface area contributed by atoms with Gasteiger partial charge in [-0.2, -0.15) is 0 Å². The minimum atomic E-state index is 0. The van der Waals surface area contributed by atoms with Crippen LogP contribution in [-0.4, -0.2) is 45.5 Å². The summed E-state index contributed by atoms with van der Waals surface area (Å²) in [6.07, 6.45) is 3.50. The predicted octanol–water partition coefficient (Wildman–Crippen LogP) is 2.24. The van der Waals surface area contributed by atoms with Crippen LogP contribution in [0.3, 0.4) is 0 Å². The molecule has 0 spiro atoms. The Labute approximate surface area is 141 Å². The zero-order chi connectivity index (χ0) is 13.1. The summed E-state index contributed by atoms with van der Waals surface area (Å²) in [5.41, 5.74) is 1.11. The second-order valence-corrected chi connectivity index (χ2v) is 5.66. The van der Waals surface area contributed by atoms with Crippen molar-refractivity contribution in [3.63, 3.8) is 0 Å². The van der Waals surface area contributed by atoms with E-state index in [9.17, 15) is 0 Å². The van der Waals surface area contributed by atoms with Crippen molar-refractivity contribution in [3.8, 4) is 10.8 Å². The topological polar surface area (TPSA) is 53.9 Å². The van der Waals surface area contributed by atoms with Gasteiger partial charge in [0.05, 0.1) is 5.69 Å². The number of hydrogen-bond acceptors (Lipinski definition) is 6. The fraction of sp³-hybridized carbons (Fsp3) is 0.462. The van der Waals surface area contributed by atoms with Gasteiger partial charge in [-0.1, -0.05) is 0 Å². The van der Waals surface area contributed by atoms with E-state index in [1.807, 2.05) is 6.07 Å². The third kappa shape index (κ3) is 4.86. The first kappa shape index (κ1) is 18.3. The first-order valence-electron chi connectivity index (χ1n) is 6.49. The van der Waals surface area contributed by atoms with Crippen molar-refractivity contribution in [2.24, 2.45) is 0 Å². The maximum Gasteiger partial charge on any atom is 0.188 e. The molecule has 0 radical (unpaired) electrons. The van der Waals surface area contributed by atoms with E-state index < -0.39 is 0 Å². The number of piperazine rings is 1. The summed E-state index contributed by atoms with van der Waals surface area (Å²) in [6, 6.07) is 2.38. The number of rotatable bonds is 3. The fourth-order valence-corrected chi connectivity index (χ4v) is 3.03. The van der Waals surface area contributed by atoms with Crippen molar-refractivity contribution in [1.82, 2.24) is 25.2 Å². The largest absolute Gasteiger partial charge is 0.312 e. The van der Waals surface area contributed by atoms with Crippen LogP contribution in [0.5, 0.6) is 0 Å². The molecule has 1 fully saturated rings. The van der Waals surface area contributed by atoms with Gasteiger partial charge in [0.2, 0.25) is 0 Å². The van der Waals surface area contributed by atoms with E-state index in [4.69, 9.17) is 0 Å². The molecule has 1 aliphatic rings. The lowest BCUT2D eigenvalue weighted by Gasteiger charge is -2.31. The van der Waals surface area contributed by atoms with Gasteiger partial charge in [0.15, 0.2) is 10.8 Å². The molecule has 1 atom stereocenters. The Bertz CT molecular complexity index is 536. The maximum absolute atomic E-state index is 4.63. The molecule has 21 heavy (non-hydrogen) atoms. The third-order valence-electron chi connectivity index (χ3n) is 3.15. The van der Waals surface area contributed by atoms with Gasteiger partial charge in [-0.05, 0) is 13.0 Å². The van der Waals surface area contributed by atoms with Crippen LogP contribution in [0.15, 0.2) is 23.8 Å². The van der Waals surface area contributed by atoms with Gasteiger partial charge in [0.25, 0.3) is 0 Å². The van der Waals surface area contributed by atoms with Crippen molar-refractivity contribution >= 4 is 36.2 Å². The van der Waals surface area contributed by atoms with Crippen LogP contribution in [0.4, 0.5) is 0 Å². The number of aromatic nitrogens is 3. The van der Waals surface area contributed by atoms with E-state index in [0.717, 1.165) is 36.9 Å². The number of hydrogen-bond donors (Lipinski definition) is 1. The summed E-state index contributed by atoms with van der Waals surface area (Å²) in [5, 5.41) is 6.46. The molecule has 3 rings (SSSR count). The van der Waals surface area contributed by atoms with E-state index in [1.165, 1.54) is 0 Å². The van der Waals surface area contributed by atoms with Crippen LogP contribution in [0, 0.1) is 0 Å². The molecule has 2 aromatic heterocycles. The summed E-state index contributed by atoms with van der Waals surface area (Å²) >= 11 is 1.61. The van der Waals surface area contributed by atoms with Crippen molar-refractivity contribution in [2.45, 2.75) is 19.5 Å². The summed E-state index contributed by atoms with van der Waals surface area (Å²) in [6.45, 7) is 6.35. The van der Waals surface area contributed by atoms with Crippen molar-refractivity contribution in [3.05, 3.63) is 29.5 Å². The molecule has 8 heteroatoms. The average molecular weight is 348 g/mol. The van der Waals surface area contributed by atoms with Crippen LogP contribution < -0.4 is 5.32 Å². The van der Waals surface area contributed by atoms with Gasteiger partial charge < -0.3 is 5.32 Å². The number of halogens is 2. The van der Waals surface area contributed by atoms with E-state index >= 15 is 0 Å². The van der Waals surface area contributed by atoms with Crippen LogP contribution >= 0.6 is 36.2 Å². The Morgan fingerprint density at radius 1 is 1.33 bits per heavy atom. The summed E-state index contributed by atoms with van der Waals surface area (Å²) in [5.74, 6) is 0.715. The highest BCUT2D eigenvalue weighted by atomic mass is 35.5. The SMILES string of the molecule is CC1CN(Cc2csc(-c3ncccn3)n2)CCN1.Cl.Cl. The Morgan fingerprint density at radius 3 is 2.81 bits per heavy atom. The summed E-state index contributed by atoms with van der Waals surface area (Å²) in [7, 11) is 0. The van der Waals surface area contributed by atoms with E-state index in [2.05, 4.69) is 37.5 Å². The van der Waals surface area contributed by atoms with Crippen molar-refractivity contribution in [2.75, 3.05) is 19.6 Å². The molecular weight excluding hydrogens is 329 g/mol. The predicted molar refractivity (Wildman–Crippen MR) is 90.4 cm³/mol. The molecule has 0 aliphatic carbocycles. The van der Waals surface area contributed by atoms with Gasteiger partial charge in [-0.3, -0.25) is 4.90 Å². The van der Waals surface area contributed by atoms with Crippen LogP contribution in [0.1, 0.15) is 12.6 Å². The fourth-order valence-electron chi connectivity index (χ4n) is 2.28. The van der Waals surface area contributed by atoms with Crippen molar-refractivity contribution < 1.29 is 0 Å². The normalized spacial score (nSPS) is 18.6. The zero-order valence-electron chi connectivity index (χ0n) is 11.7. The Kier molecular flexibility index (Phi) is 7.48. The van der Waals surface area contributed by atoms with Gasteiger partial charge in [-0.15, -0.1) is 36.2 Å². The van der Waals surface area contributed by atoms with Crippen LogP contribution in [0.2, 0.25) is 0 Å². The smallest absolute Gasteiger partial charge is 0.188 e. The molecule has 0 amide bonds. The summed E-state index contributed by atoms with van der Waals surface area (Å²) < 4.78 is 0. The second-order valence-electron chi connectivity index (χ2n) is 4.81. The Balaban J connectivity index is 0.00000110. The zero-order valence-corrected chi connectivity index (χ0v) is 14.2. The van der Waals surface area contributed by atoms with Crippen molar-refractivity contribution in [1.29, 1.82) is 0 Å². The third-order valence-corrected chi connectivity index (χ3v) is 4.03. The van der Waals surface area contributed by atoms with E-state index in [0.29, 0.717) is 11.9 Å². The molecule has 116 valence electrons. The highest BCUT2D eigenvalue weighted by Gasteiger charge is 2.17. The second kappa shape index (κ2) is 8.60. The molecule has 1 saturated heterocycles. The highest BCUT2D eigenvalue weighted by Crippen LogP contribution is 2.20. The molecule has 5 nitrogen and oxygen atoms in total. The lowest BCUT2D eigenvalue weighted by molar-refractivity contribution is 0.198. The first-order valence-corrected chi connectivity index (χ1v) is 7.37. The van der Waals surface area contributed by atoms with Gasteiger partial charge in [0, 0.05) is 50.0 Å². The molecule has 1 N–H and O–H groups in total. The van der Waals surface area contributed by atoms with Gasteiger partial charge >= 0.3 is 0 Å². The lowest BCUT2D eigenvalue weighted by atomic mass is 10.2. The maximum atomic E-state index is 4.63. The highest BCUT2D eigenvalue weighted by molar-refractivity contribution is 7.13. The average Bonchev–Trinajstić information content (AvgIpc) is 2.88. The molecule has 3 heterocycles. The molecule has 2 aromatic rings. The Hall–Kier alpha value is -0.790. The van der Waals surface area contributed by atoms with Gasteiger partial charge in [-0.25, -0.2) is 15.0 Å². The van der Waals surface area contributed by atoms with Gasteiger partial charge in [0.1, 0.15) is 0 Å². The molecule has 0 bridgehead atoms. The minimum absolute atomic E-state index is 0. The molecular formula is C13H19Cl2N5S. The molecule has 1 unspecified atom stereocenters. The Morgan fingerprint density at radius 2 is 2.10 bits per heavy atom. The number of thiazole rings is 1. The number of nitrogens with one attached hydrogen (secondary N) is 1. The van der Waals surface area contributed by atoms with E-state index in [1.54, 1.807) is 23.7 Å². The minimum Gasteiger partial charge on any atom is -0.312 e. The monoisotopic (exact) mass is 347 g/mol. The van der Waals surface area contributed by atoms with E-state index in [-0.39, 0.29) is 24.8 Å². The molecule has 0 aromatic carbocycles.